The molecule has 2 aromatic heterocycles. The lowest BCUT2D eigenvalue weighted by Gasteiger charge is -2.12. The van der Waals surface area contributed by atoms with E-state index < -0.39 is 0 Å². The number of carbonyl (C=O) groups excluding carboxylic acids is 1. The van der Waals surface area contributed by atoms with Gasteiger partial charge >= 0.3 is 5.97 Å². The first-order chi connectivity index (χ1) is 9.20. The van der Waals surface area contributed by atoms with Crippen molar-refractivity contribution in [3.8, 4) is 0 Å². The Balaban J connectivity index is 1.93. The molecule has 0 aliphatic heterocycles. The van der Waals surface area contributed by atoms with Gasteiger partial charge in [-0.25, -0.2) is 15.0 Å². The summed E-state index contributed by atoms with van der Waals surface area (Å²) in [5, 5.41) is 0. The van der Waals surface area contributed by atoms with Gasteiger partial charge in [-0.05, 0) is 6.42 Å². The van der Waals surface area contributed by atoms with Crippen LogP contribution in [0.2, 0.25) is 0 Å². The highest BCUT2D eigenvalue weighted by Crippen LogP contribution is 2.31. The molecule has 98 valence electrons. The van der Waals surface area contributed by atoms with E-state index >= 15 is 0 Å². The Morgan fingerprint density at radius 1 is 1.42 bits per heavy atom. The number of nitrogens with two attached hydrogens (primary N) is 1. The molecule has 7 nitrogen and oxygen atoms in total. The molecule has 0 amide bonds. The fraction of sp³-hybridized carbons (Fsp3) is 0.333. The molecule has 0 saturated carbocycles. The second-order valence-corrected chi connectivity index (χ2v) is 4.40. The van der Waals surface area contributed by atoms with Crippen LogP contribution in [0.4, 0.5) is 5.82 Å². The molecule has 2 atom stereocenters. The molecule has 0 spiro atoms. The molecular weight excluding hydrogens is 246 g/mol. The number of carbonyl (C=O) groups is 1. The van der Waals surface area contributed by atoms with Crippen molar-refractivity contribution in [2.75, 3.05) is 12.8 Å². The summed E-state index contributed by atoms with van der Waals surface area (Å²) >= 11 is 0. The van der Waals surface area contributed by atoms with E-state index in [2.05, 4.69) is 15.0 Å². The molecule has 0 fully saturated rings. The van der Waals surface area contributed by atoms with Crippen LogP contribution in [0.15, 0.2) is 24.8 Å². The van der Waals surface area contributed by atoms with Crippen molar-refractivity contribution in [1.29, 1.82) is 0 Å². The Morgan fingerprint density at radius 2 is 2.26 bits per heavy atom. The van der Waals surface area contributed by atoms with Crippen molar-refractivity contribution in [3.05, 3.63) is 24.8 Å². The van der Waals surface area contributed by atoms with Crippen LogP contribution in [-0.4, -0.2) is 32.6 Å². The van der Waals surface area contributed by atoms with E-state index in [0.717, 1.165) is 0 Å². The van der Waals surface area contributed by atoms with Gasteiger partial charge in [-0.3, -0.25) is 4.79 Å². The third-order valence-corrected chi connectivity index (χ3v) is 3.31. The van der Waals surface area contributed by atoms with Gasteiger partial charge in [0.15, 0.2) is 11.5 Å². The monoisotopic (exact) mass is 259 g/mol. The van der Waals surface area contributed by atoms with E-state index in [1.165, 1.54) is 13.4 Å². The maximum Gasteiger partial charge on any atom is 0.312 e. The Morgan fingerprint density at radius 3 is 3.05 bits per heavy atom. The Labute approximate surface area is 109 Å². The number of fused-ring (bicyclic) bond motifs is 1. The van der Waals surface area contributed by atoms with Crippen LogP contribution in [0.1, 0.15) is 12.5 Å². The lowest BCUT2D eigenvalue weighted by atomic mass is 10.1. The molecule has 1 aliphatic carbocycles. The number of imidazole rings is 1. The largest absolute Gasteiger partial charge is 0.469 e. The van der Waals surface area contributed by atoms with Crippen molar-refractivity contribution in [3.63, 3.8) is 0 Å². The van der Waals surface area contributed by atoms with Crippen molar-refractivity contribution < 1.29 is 9.53 Å². The van der Waals surface area contributed by atoms with Crippen molar-refractivity contribution >= 4 is 23.0 Å². The smallest absolute Gasteiger partial charge is 0.312 e. The molecule has 2 N–H and O–H groups in total. The van der Waals surface area contributed by atoms with Gasteiger partial charge < -0.3 is 15.0 Å². The Bertz CT molecular complexity index is 663. The minimum atomic E-state index is -0.225. The van der Waals surface area contributed by atoms with E-state index in [4.69, 9.17) is 10.5 Å². The van der Waals surface area contributed by atoms with E-state index in [0.29, 0.717) is 23.4 Å². The summed E-state index contributed by atoms with van der Waals surface area (Å²) in [5.41, 5.74) is 7.00. The topological polar surface area (TPSA) is 95.9 Å². The zero-order valence-corrected chi connectivity index (χ0v) is 10.4. The maximum absolute atomic E-state index is 11.5. The summed E-state index contributed by atoms with van der Waals surface area (Å²) in [6, 6.07) is 0.0309. The van der Waals surface area contributed by atoms with Gasteiger partial charge in [0, 0.05) is 0 Å². The standard InChI is InChI=1S/C12H13N5O2/c1-19-12(18)7-2-3-8(4-7)17-6-16-9-10(13)14-5-15-11(9)17/h2-3,5-8H,4H2,1H3,(H2,13,14,15)/t7-,8+/m1/s1. The highest BCUT2D eigenvalue weighted by molar-refractivity contribution is 5.81. The number of allylic oxidation sites excluding steroid dienone is 1. The number of esters is 1. The lowest BCUT2D eigenvalue weighted by molar-refractivity contribution is -0.143. The summed E-state index contributed by atoms with van der Waals surface area (Å²) in [7, 11) is 1.39. The van der Waals surface area contributed by atoms with Crippen molar-refractivity contribution in [2.24, 2.45) is 5.92 Å². The van der Waals surface area contributed by atoms with Crippen LogP contribution in [0.25, 0.3) is 11.2 Å². The molecule has 2 aromatic rings. The number of nitrogen functional groups attached to an aromatic ring is 1. The summed E-state index contributed by atoms with van der Waals surface area (Å²) in [6.45, 7) is 0. The first kappa shape index (κ1) is 11.6. The maximum atomic E-state index is 11.5. The van der Waals surface area contributed by atoms with E-state index in [9.17, 15) is 4.79 Å². The van der Waals surface area contributed by atoms with Crippen LogP contribution in [0, 0.1) is 5.92 Å². The average Bonchev–Trinajstić information content (AvgIpc) is 3.04. The van der Waals surface area contributed by atoms with Gasteiger partial charge in [0.05, 0.1) is 25.4 Å². The van der Waals surface area contributed by atoms with Crippen molar-refractivity contribution in [2.45, 2.75) is 12.5 Å². The first-order valence-electron chi connectivity index (χ1n) is 5.90. The third kappa shape index (κ3) is 1.83. The van der Waals surface area contributed by atoms with Gasteiger partial charge in [-0.2, -0.15) is 0 Å². The molecule has 1 aliphatic rings. The van der Waals surface area contributed by atoms with Gasteiger partial charge in [0.1, 0.15) is 11.8 Å². The van der Waals surface area contributed by atoms with E-state index in [1.807, 2.05) is 16.7 Å². The van der Waals surface area contributed by atoms with Crippen LogP contribution >= 0.6 is 0 Å². The number of methoxy groups -OCH3 is 1. The molecule has 19 heavy (non-hydrogen) atoms. The molecule has 0 unspecified atom stereocenters. The summed E-state index contributed by atoms with van der Waals surface area (Å²) in [5.74, 6) is -0.0841. The van der Waals surface area contributed by atoms with Crippen LogP contribution < -0.4 is 5.73 Å². The molecule has 2 heterocycles. The predicted molar refractivity (Wildman–Crippen MR) is 68.0 cm³/mol. The first-order valence-corrected chi connectivity index (χ1v) is 5.90. The minimum absolute atomic E-state index is 0.0309. The summed E-state index contributed by atoms with van der Waals surface area (Å²) in [6.07, 6.45) is 7.53. The number of ether oxygens (including phenoxy) is 1. The zero-order valence-electron chi connectivity index (χ0n) is 10.4. The summed E-state index contributed by atoms with van der Waals surface area (Å²) < 4.78 is 6.64. The third-order valence-electron chi connectivity index (χ3n) is 3.31. The van der Waals surface area contributed by atoms with Gasteiger partial charge in [0.25, 0.3) is 0 Å². The number of hydrogen-bond donors (Lipinski definition) is 1. The molecule has 3 rings (SSSR count). The fourth-order valence-electron chi connectivity index (χ4n) is 2.32. The van der Waals surface area contributed by atoms with E-state index in [-0.39, 0.29) is 17.9 Å². The molecule has 0 bridgehead atoms. The molecule has 0 aromatic carbocycles. The normalized spacial score (nSPS) is 21.9. The van der Waals surface area contributed by atoms with Crippen LogP contribution in [0.5, 0.6) is 0 Å². The molecule has 0 saturated heterocycles. The average molecular weight is 259 g/mol. The Kier molecular flexibility index (Phi) is 2.66. The van der Waals surface area contributed by atoms with Crippen molar-refractivity contribution in [1.82, 2.24) is 19.5 Å². The van der Waals surface area contributed by atoms with Crippen LogP contribution in [-0.2, 0) is 9.53 Å². The molecular formula is C12H13N5O2. The number of aromatic nitrogens is 4. The van der Waals surface area contributed by atoms with Gasteiger partial charge in [0.2, 0.25) is 0 Å². The van der Waals surface area contributed by atoms with Gasteiger partial charge in [-0.15, -0.1) is 0 Å². The van der Waals surface area contributed by atoms with Crippen LogP contribution in [0.3, 0.4) is 0 Å². The predicted octanol–water partition coefficient (Wildman–Crippen LogP) is 0.699. The second kappa shape index (κ2) is 4.34. The number of hydrogen-bond acceptors (Lipinski definition) is 6. The second-order valence-electron chi connectivity index (χ2n) is 4.40. The lowest BCUT2D eigenvalue weighted by Crippen LogP contribution is -2.14. The molecule has 7 heteroatoms. The highest BCUT2D eigenvalue weighted by atomic mass is 16.5. The molecule has 0 radical (unpaired) electrons. The highest BCUT2D eigenvalue weighted by Gasteiger charge is 2.27. The SMILES string of the molecule is COC(=O)[C@@H]1C=C[C@H](n2cnc3c(N)ncnc32)C1. The number of rotatable bonds is 2. The van der Waals surface area contributed by atoms with E-state index in [1.54, 1.807) is 6.33 Å². The number of nitrogens with zero attached hydrogens (tertiary/aromatic N) is 4. The zero-order chi connectivity index (χ0) is 13.4. The van der Waals surface area contributed by atoms with Gasteiger partial charge in [-0.1, -0.05) is 12.2 Å². The Hall–Kier alpha value is -2.44. The quantitative estimate of drug-likeness (QED) is 0.630. The fourth-order valence-corrected chi connectivity index (χ4v) is 2.32. The summed E-state index contributed by atoms with van der Waals surface area (Å²) in [4.78, 5) is 23.8. The number of anilines is 1. The minimum Gasteiger partial charge on any atom is -0.469 e.